The van der Waals surface area contributed by atoms with E-state index in [4.69, 9.17) is 34.4 Å². The van der Waals surface area contributed by atoms with E-state index in [2.05, 4.69) is 0 Å². The van der Waals surface area contributed by atoms with Crippen molar-refractivity contribution in [2.24, 2.45) is 34.4 Å². The standard InChI is InChI=1S/3C2H8N2.6H2O/c3*3-1-2-4;;;;;;/h3*1-4H2;6*1H2. The van der Waals surface area contributed by atoms with Crippen LogP contribution in [0.25, 0.3) is 0 Å². The molecule has 126 valence electrons. The highest BCUT2D eigenvalue weighted by Gasteiger charge is 1.55. The molecular formula is C6H36N6O6. The first-order valence-corrected chi connectivity index (χ1v) is 3.95. The first-order chi connectivity index (χ1) is 5.74. The Morgan fingerprint density at radius 2 is 0.333 bits per heavy atom. The van der Waals surface area contributed by atoms with E-state index in [9.17, 15) is 0 Å². The molecule has 0 aliphatic carbocycles. The molecule has 0 aromatic carbocycles. The second-order valence-corrected chi connectivity index (χ2v) is 1.73. The van der Waals surface area contributed by atoms with E-state index >= 15 is 0 Å². The van der Waals surface area contributed by atoms with E-state index in [1.165, 1.54) is 0 Å². The lowest BCUT2D eigenvalue weighted by molar-refractivity contribution is 0.823. The highest BCUT2D eigenvalue weighted by molar-refractivity contribution is 4.26. The molecule has 0 aromatic rings. The SMILES string of the molecule is NCCN.NCCN.NCCN.O.O.O.O.O.O. The van der Waals surface area contributed by atoms with Crippen molar-refractivity contribution < 1.29 is 32.9 Å². The van der Waals surface area contributed by atoms with Crippen molar-refractivity contribution in [1.29, 1.82) is 0 Å². The molecule has 0 amide bonds. The third kappa shape index (κ3) is 515. The number of hydrogen-bond acceptors (Lipinski definition) is 6. The predicted octanol–water partition coefficient (Wildman–Crippen LogP) is -8.24. The summed E-state index contributed by atoms with van der Waals surface area (Å²) < 4.78 is 0. The number of rotatable bonds is 3. The molecule has 0 bridgehead atoms. The van der Waals surface area contributed by atoms with E-state index < -0.39 is 0 Å². The molecule has 0 aromatic heterocycles. The van der Waals surface area contributed by atoms with Crippen LogP contribution in [0.2, 0.25) is 0 Å². The van der Waals surface area contributed by atoms with Gasteiger partial charge in [0.05, 0.1) is 0 Å². The lowest BCUT2D eigenvalue weighted by Gasteiger charge is -1.72. The Morgan fingerprint density at radius 3 is 0.333 bits per heavy atom. The summed E-state index contributed by atoms with van der Waals surface area (Å²) >= 11 is 0. The Labute approximate surface area is 107 Å². The van der Waals surface area contributed by atoms with Crippen molar-refractivity contribution in [3.8, 4) is 0 Å². The van der Waals surface area contributed by atoms with Gasteiger partial charge in [0.15, 0.2) is 0 Å². The van der Waals surface area contributed by atoms with Crippen molar-refractivity contribution in [3.63, 3.8) is 0 Å². The summed E-state index contributed by atoms with van der Waals surface area (Å²) in [4.78, 5) is 0. The van der Waals surface area contributed by atoms with Gasteiger partial charge in [0.2, 0.25) is 0 Å². The number of nitrogens with two attached hydrogens (primary N) is 6. The molecule has 0 atom stereocenters. The van der Waals surface area contributed by atoms with E-state index in [0.717, 1.165) is 0 Å². The zero-order chi connectivity index (χ0) is 10.2. The maximum atomic E-state index is 4.90. The summed E-state index contributed by atoms with van der Waals surface area (Å²) in [5.41, 5.74) is 29.4. The van der Waals surface area contributed by atoms with Crippen molar-refractivity contribution in [1.82, 2.24) is 0 Å². The highest BCUT2D eigenvalue weighted by atomic mass is 16.0. The van der Waals surface area contributed by atoms with Crippen LogP contribution in [0.5, 0.6) is 0 Å². The van der Waals surface area contributed by atoms with Crippen molar-refractivity contribution in [2.75, 3.05) is 39.3 Å². The van der Waals surface area contributed by atoms with Gasteiger partial charge in [-0.3, -0.25) is 0 Å². The monoisotopic (exact) mass is 288 g/mol. The Morgan fingerprint density at radius 1 is 0.278 bits per heavy atom. The summed E-state index contributed by atoms with van der Waals surface area (Å²) in [6.07, 6.45) is 0. The summed E-state index contributed by atoms with van der Waals surface area (Å²) in [6, 6.07) is 0. The summed E-state index contributed by atoms with van der Waals surface area (Å²) in [7, 11) is 0. The molecule has 12 nitrogen and oxygen atoms in total. The van der Waals surface area contributed by atoms with E-state index in [1.807, 2.05) is 0 Å². The van der Waals surface area contributed by atoms with E-state index in [-0.39, 0.29) is 32.9 Å². The van der Waals surface area contributed by atoms with Gasteiger partial charge in [0.1, 0.15) is 0 Å². The fourth-order valence-electron chi connectivity index (χ4n) is 0. The first kappa shape index (κ1) is 65.9. The molecule has 0 saturated heterocycles. The summed E-state index contributed by atoms with van der Waals surface area (Å²) in [6.45, 7) is 3.58. The van der Waals surface area contributed by atoms with Crippen LogP contribution >= 0.6 is 0 Å². The molecule has 0 saturated carbocycles. The second-order valence-electron chi connectivity index (χ2n) is 1.73. The fourth-order valence-corrected chi connectivity index (χ4v) is 0. The van der Waals surface area contributed by atoms with Crippen LogP contribution in [0.1, 0.15) is 0 Å². The molecular weight excluding hydrogens is 252 g/mol. The van der Waals surface area contributed by atoms with Gasteiger partial charge in [-0.05, 0) is 0 Å². The molecule has 0 radical (unpaired) electrons. The van der Waals surface area contributed by atoms with Crippen LogP contribution in [0.15, 0.2) is 0 Å². The Balaban J connectivity index is -0.00000000827. The van der Waals surface area contributed by atoms with Gasteiger partial charge in [0, 0.05) is 39.3 Å². The van der Waals surface area contributed by atoms with E-state index in [1.54, 1.807) is 0 Å². The van der Waals surface area contributed by atoms with Crippen LogP contribution in [0.4, 0.5) is 0 Å². The van der Waals surface area contributed by atoms with Gasteiger partial charge >= 0.3 is 0 Å². The van der Waals surface area contributed by atoms with Crippen LogP contribution in [0, 0.1) is 0 Å². The van der Waals surface area contributed by atoms with E-state index in [0.29, 0.717) is 39.3 Å². The average Bonchev–Trinajstić information content (AvgIpc) is 2.18. The molecule has 0 unspecified atom stereocenters. The fraction of sp³-hybridized carbons (Fsp3) is 1.00. The predicted molar refractivity (Wildman–Crippen MR) is 76.0 cm³/mol. The van der Waals surface area contributed by atoms with Gasteiger partial charge in [-0.25, -0.2) is 0 Å². The minimum atomic E-state index is 0. The molecule has 0 fully saturated rings. The van der Waals surface area contributed by atoms with Crippen molar-refractivity contribution >= 4 is 0 Å². The van der Waals surface area contributed by atoms with Crippen LogP contribution < -0.4 is 34.4 Å². The zero-order valence-electron chi connectivity index (χ0n) is 10.7. The lowest BCUT2D eigenvalue weighted by atomic mass is 10.7. The minimum Gasteiger partial charge on any atom is -0.412 e. The quantitative estimate of drug-likeness (QED) is 0.292. The van der Waals surface area contributed by atoms with Gasteiger partial charge < -0.3 is 67.3 Å². The van der Waals surface area contributed by atoms with Crippen molar-refractivity contribution in [2.45, 2.75) is 0 Å². The Hall–Kier alpha value is -0.480. The molecule has 0 spiro atoms. The largest absolute Gasteiger partial charge is 0.412 e. The first-order valence-electron chi connectivity index (χ1n) is 3.95. The summed E-state index contributed by atoms with van der Waals surface area (Å²) in [5, 5.41) is 0. The molecule has 0 aliphatic rings. The van der Waals surface area contributed by atoms with Gasteiger partial charge in [0.25, 0.3) is 0 Å². The van der Waals surface area contributed by atoms with Gasteiger partial charge in [-0.1, -0.05) is 0 Å². The second kappa shape index (κ2) is 131. The third-order valence-electron chi connectivity index (χ3n) is 0.500. The number of hydrogen-bond donors (Lipinski definition) is 6. The van der Waals surface area contributed by atoms with Gasteiger partial charge in [-0.15, -0.1) is 0 Å². The summed E-state index contributed by atoms with van der Waals surface area (Å²) in [5.74, 6) is 0. The van der Waals surface area contributed by atoms with Crippen LogP contribution in [0.3, 0.4) is 0 Å². The smallest absolute Gasteiger partial charge is 0.00461 e. The zero-order valence-corrected chi connectivity index (χ0v) is 10.7. The molecule has 24 N–H and O–H groups in total. The maximum Gasteiger partial charge on any atom is 0.00461 e. The molecule has 0 aliphatic heterocycles. The molecule has 0 rings (SSSR count). The minimum absolute atomic E-state index is 0. The molecule has 0 heterocycles. The highest BCUT2D eigenvalue weighted by Crippen LogP contribution is 1.25. The Bertz CT molecular complexity index is 44.0. The normalized spacial score (nSPS) is 5.00. The lowest BCUT2D eigenvalue weighted by Crippen LogP contribution is -2.11. The molecule has 12 heteroatoms. The topological polar surface area (TPSA) is 345 Å². The Kier molecular flexibility index (Phi) is 478. The van der Waals surface area contributed by atoms with Crippen LogP contribution in [-0.4, -0.2) is 72.1 Å². The maximum absolute atomic E-state index is 4.90. The third-order valence-corrected chi connectivity index (χ3v) is 0.500. The average molecular weight is 288 g/mol. The van der Waals surface area contributed by atoms with Crippen LogP contribution in [-0.2, 0) is 0 Å². The molecule has 18 heavy (non-hydrogen) atoms. The van der Waals surface area contributed by atoms with Crippen molar-refractivity contribution in [3.05, 3.63) is 0 Å². The van der Waals surface area contributed by atoms with Gasteiger partial charge in [-0.2, -0.15) is 0 Å².